The molecule has 0 aliphatic carbocycles. The van der Waals surface area contributed by atoms with Crippen LogP contribution in [-0.4, -0.2) is 54.8 Å². The van der Waals surface area contributed by atoms with Crippen molar-refractivity contribution in [1.82, 2.24) is 18.8 Å². The Hall–Kier alpha value is -4.81. The first-order valence-corrected chi connectivity index (χ1v) is 17.9. The van der Waals surface area contributed by atoms with Crippen molar-refractivity contribution in [1.29, 1.82) is 5.26 Å². The third-order valence-electron chi connectivity index (χ3n) is 8.13. The number of nitrogens with one attached hydrogen (secondary N) is 1. The first-order valence-electron chi connectivity index (χ1n) is 14.9. The molecule has 5 aromatic rings. The number of nitriles is 1. The standard InChI is InChI=1S/C33H33N7O5S2/c1-22-18-25(20-34)19-23(2)31(22)45-32-30-29(14-17-40(30)47(43,44)28-6-4-3-5-7-28)37-33(38-32)36-26-12-15-39(16-13-26)21-24-8-10-27(11-9-24)46(35,41)42/h3-11,14,17-19,26H,12-13,15-16,21H2,1-2H3,(H2,35,41,42)(H,36,37,38). The zero-order valence-corrected chi connectivity index (χ0v) is 27.4. The second-order valence-electron chi connectivity index (χ2n) is 11.6. The summed E-state index contributed by atoms with van der Waals surface area (Å²) in [6.45, 7) is 5.89. The van der Waals surface area contributed by atoms with Gasteiger partial charge >= 0.3 is 0 Å². The fraction of sp³-hybridized carbons (Fsp3) is 0.242. The van der Waals surface area contributed by atoms with Gasteiger partial charge < -0.3 is 10.1 Å². The number of sulfonamides is 1. The van der Waals surface area contributed by atoms with E-state index >= 15 is 0 Å². The molecule has 1 saturated heterocycles. The molecular formula is C33H33N7O5S2. The number of primary sulfonamides is 1. The van der Waals surface area contributed by atoms with Gasteiger partial charge in [-0.3, -0.25) is 4.90 Å². The van der Waals surface area contributed by atoms with Crippen molar-refractivity contribution in [2.45, 2.75) is 49.1 Å². The summed E-state index contributed by atoms with van der Waals surface area (Å²) in [6, 6.07) is 21.9. The third-order valence-corrected chi connectivity index (χ3v) is 10.8. The molecule has 0 saturated carbocycles. The van der Waals surface area contributed by atoms with Crippen LogP contribution < -0.4 is 15.2 Å². The second-order valence-corrected chi connectivity index (χ2v) is 14.9. The fourth-order valence-electron chi connectivity index (χ4n) is 5.76. The molecule has 0 unspecified atom stereocenters. The number of benzene rings is 3. The van der Waals surface area contributed by atoms with Crippen LogP contribution in [0.4, 0.5) is 5.95 Å². The number of anilines is 1. The number of likely N-dealkylation sites (tertiary alicyclic amines) is 1. The Kier molecular flexibility index (Phi) is 8.73. The smallest absolute Gasteiger partial charge is 0.268 e. The van der Waals surface area contributed by atoms with Crippen LogP contribution in [0.1, 0.15) is 35.1 Å². The number of hydrogen-bond acceptors (Lipinski definition) is 10. The van der Waals surface area contributed by atoms with Gasteiger partial charge in [0.2, 0.25) is 21.9 Å². The number of nitrogens with zero attached hydrogens (tertiary/aromatic N) is 5. The van der Waals surface area contributed by atoms with E-state index in [1.807, 2.05) is 13.8 Å². The average Bonchev–Trinajstić information content (AvgIpc) is 3.49. The van der Waals surface area contributed by atoms with E-state index in [0.717, 1.165) is 35.5 Å². The van der Waals surface area contributed by atoms with E-state index in [1.54, 1.807) is 48.5 Å². The number of nitrogens with two attached hydrogens (primary N) is 1. The molecular weight excluding hydrogens is 639 g/mol. The summed E-state index contributed by atoms with van der Waals surface area (Å²) < 4.78 is 58.1. The van der Waals surface area contributed by atoms with Crippen LogP contribution in [0.25, 0.3) is 11.0 Å². The number of aromatic nitrogens is 3. The Balaban J connectivity index is 1.27. The molecule has 47 heavy (non-hydrogen) atoms. The Bertz CT molecular complexity index is 2180. The highest BCUT2D eigenvalue weighted by atomic mass is 32.2. The van der Waals surface area contributed by atoms with Gasteiger partial charge in [-0.1, -0.05) is 30.3 Å². The van der Waals surface area contributed by atoms with Crippen molar-refractivity contribution in [3.8, 4) is 17.7 Å². The van der Waals surface area contributed by atoms with E-state index in [4.69, 9.17) is 14.9 Å². The molecule has 0 bridgehead atoms. The molecule has 2 aromatic heterocycles. The molecule has 3 heterocycles. The molecule has 1 fully saturated rings. The second kappa shape index (κ2) is 12.8. The first kappa shape index (κ1) is 32.1. The summed E-state index contributed by atoms with van der Waals surface area (Å²) in [6.07, 6.45) is 3.04. The quantitative estimate of drug-likeness (QED) is 0.224. The van der Waals surface area contributed by atoms with Gasteiger partial charge in [0.05, 0.1) is 26.9 Å². The summed E-state index contributed by atoms with van der Waals surface area (Å²) in [5, 5.41) is 18.1. The maximum absolute atomic E-state index is 13.7. The molecule has 0 amide bonds. The average molecular weight is 672 g/mol. The minimum Gasteiger partial charge on any atom is -0.436 e. The molecule has 0 radical (unpaired) electrons. The monoisotopic (exact) mass is 671 g/mol. The lowest BCUT2D eigenvalue weighted by atomic mass is 10.0. The number of hydrogen-bond donors (Lipinski definition) is 2. The van der Waals surface area contributed by atoms with Gasteiger partial charge in [0.1, 0.15) is 11.3 Å². The Morgan fingerprint density at radius 2 is 1.60 bits per heavy atom. The van der Waals surface area contributed by atoms with Crippen LogP contribution in [0.3, 0.4) is 0 Å². The Morgan fingerprint density at radius 1 is 0.936 bits per heavy atom. The molecule has 3 N–H and O–H groups in total. The van der Waals surface area contributed by atoms with E-state index in [2.05, 4.69) is 21.3 Å². The van der Waals surface area contributed by atoms with Crippen LogP contribution in [0.5, 0.6) is 11.6 Å². The summed E-state index contributed by atoms with van der Waals surface area (Å²) in [4.78, 5) is 11.9. The summed E-state index contributed by atoms with van der Waals surface area (Å²) in [5.74, 6) is 0.854. The number of rotatable bonds is 9. The molecule has 0 spiro atoms. The molecule has 3 aromatic carbocycles. The largest absolute Gasteiger partial charge is 0.436 e. The number of aryl methyl sites for hydroxylation is 2. The maximum Gasteiger partial charge on any atom is 0.268 e. The van der Waals surface area contributed by atoms with Crippen molar-refractivity contribution in [2.75, 3.05) is 18.4 Å². The maximum atomic E-state index is 13.7. The van der Waals surface area contributed by atoms with Gasteiger partial charge in [0, 0.05) is 31.9 Å². The number of fused-ring (bicyclic) bond motifs is 1. The van der Waals surface area contributed by atoms with Gasteiger partial charge in [-0.25, -0.2) is 30.9 Å². The highest BCUT2D eigenvalue weighted by Crippen LogP contribution is 2.35. The summed E-state index contributed by atoms with van der Waals surface area (Å²) in [5.41, 5.74) is 3.48. The van der Waals surface area contributed by atoms with Gasteiger partial charge in [-0.15, -0.1) is 0 Å². The van der Waals surface area contributed by atoms with E-state index in [0.29, 0.717) is 40.4 Å². The van der Waals surface area contributed by atoms with Crippen LogP contribution >= 0.6 is 0 Å². The lowest BCUT2D eigenvalue weighted by molar-refractivity contribution is 0.211. The minimum absolute atomic E-state index is 0.0508. The predicted octanol–water partition coefficient (Wildman–Crippen LogP) is 4.67. The molecule has 6 rings (SSSR count). The van der Waals surface area contributed by atoms with Gasteiger partial charge in [0.25, 0.3) is 10.0 Å². The highest BCUT2D eigenvalue weighted by molar-refractivity contribution is 7.90. The fourth-order valence-corrected chi connectivity index (χ4v) is 7.64. The molecule has 14 heteroatoms. The number of ether oxygens (including phenoxy) is 1. The number of piperidine rings is 1. The van der Waals surface area contributed by atoms with Crippen molar-refractivity contribution < 1.29 is 21.6 Å². The van der Waals surface area contributed by atoms with Crippen LogP contribution in [0.2, 0.25) is 0 Å². The third kappa shape index (κ3) is 6.84. The molecule has 12 nitrogen and oxygen atoms in total. The van der Waals surface area contributed by atoms with E-state index < -0.39 is 20.0 Å². The minimum atomic E-state index is -4.00. The van der Waals surface area contributed by atoms with Gasteiger partial charge in [0.15, 0.2) is 0 Å². The van der Waals surface area contributed by atoms with Crippen molar-refractivity contribution in [3.05, 3.63) is 101 Å². The normalized spacial score (nSPS) is 14.6. The SMILES string of the molecule is Cc1cc(C#N)cc(C)c1Oc1nc(NC2CCN(Cc3ccc(S(N)(=O)=O)cc3)CC2)nc2ccn(S(=O)(=O)c3ccccc3)c12. The lowest BCUT2D eigenvalue weighted by Crippen LogP contribution is -2.39. The van der Waals surface area contributed by atoms with Crippen molar-refractivity contribution in [2.24, 2.45) is 5.14 Å². The van der Waals surface area contributed by atoms with E-state index in [9.17, 15) is 22.1 Å². The highest BCUT2D eigenvalue weighted by Gasteiger charge is 2.26. The first-order chi connectivity index (χ1) is 22.4. The van der Waals surface area contributed by atoms with E-state index in [1.165, 1.54) is 30.5 Å². The summed E-state index contributed by atoms with van der Waals surface area (Å²) >= 11 is 0. The molecule has 1 aliphatic heterocycles. The van der Waals surface area contributed by atoms with Crippen LogP contribution in [0.15, 0.2) is 88.8 Å². The Labute approximate surface area is 273 Å². The lowest BCUT2D eigenvalue weighted by Gasteiger charge is -2.32. The Morgan fingerprint density at radius 3 is 2.21 bits per heavy atom. The van der Waals surface area contributed by atoms with Crippen molar-refractivity contribution in [3.63, 3.8) is 0 Å². The predicted molar refractivity (Wildman–Crippen MR) is 177 cm³/mol. The van der Waals surface area contributed by atoms with Crippen LogP contribution in [0, 0.1) is 25.2 Å². The molecule has 1 aliphatic rings. The molecule has 242 valence electrons. The zero-order valence-electron chi connectivity index (χ0n) is 25.8. The molecule has 0 atom stereocenters. The van der Waals surface area contributed by atoms with Crippen molar-refractivity contribution >= 4 is 37.0 Å². The summed E-state index contributed by atoms with van der Waals surface area (Å²) in [7, 11) is -7.73. The van der Waals surface area contributed by atoms with E-state index in [-0.39, 0.29) is 27.2 Å². The van der Waals surface area contributed by atoms with Gasteiger partial charge in [-0.2, -0.15) is 10.2 Å². The van der Waals surface area contributed by atoms with Gasteiger partial charge in [-0.05, 0) is 85.8 Å². The zero-order chi connectivity index (χ0) is 33.3. The van der Waals surface area contributed by atoms with Crippen LogP contribution in [-0.2, 0) is 26.6 Å². The topological polar surface area (TPSA) is 173 Å².